The molecule has 0 radical (unpaired) electrons. The van der Waals surface area contributed by atoms with Gasteiger partial charge in [0.2, 0.25) is 0 Å². The van der Waals surface area contributed by atoms with Crippen LogP contribution in [-0.2, 0) is 27.2 Å². The van der Waals surface area contributed by atoms with Gasteiger partial charge in [-0.25, -0.2) is 0 Å². The minimum atomic E-state index is -0.440. The summed E-state index contributed by atoms with van der Waals surface area (Å²) in [4.78, 5) is 23.4. The molecule has 0 bridgehead atoms. The van der Waals surface area contributed by atoms with Crippen molar-refractivity contribution < 1.29 is 14.3 Å². The van der Waals surface area contributed by atoms with E-state index in [4.69, 9.17) is 10.5 Å². The Kier molecular flexibility index (Phi) is 7.25. The molecule has 0 amide bonds. The van der Waals surface area contributed by atoms with E-state index in [0.717, 1.165) is 17.5 Å². The summed E-state index contributed by atoms with van der Waals surface area (Å²) in [7, 11) is 0. The first kappa shape index (κ1) is 18.4. The number of nitrogens with two attached hydrogens (primary N) is 1. The van der Waals surface area contributed by atoms with Gasteiger partial charge in [0, 0.05) is 19.3 Å². The van der Waals surface area contributed by atoms with Crippen molar-refractivity contribution >= 4 is 11.8 Å². The van der Waals surface area contributed by atoms with Crippen molar-refractivity contribution in [3.8, 4) is 0 Å². The van der Waals surface area contributed by atoms with Crippen molar-refractivity contribution in [3.05, 3.63) is 35.4 Å². The minimum Gasteiger partial charge on any atom is -0.460 e. The molecule has 0 fully saturated rings. The van der Waals surface area contributed by atoms with E-state index in [0.29, 0.717) is 32.2 Å². The molecule has 0 aliphatic rings. The Morgan fingerprint density at radius 3 is 2.18 bits per heavy atom. The van der Waals surface area contributed by atoms with Gasteiger partial charge in [-0.1, -0.05) is 24.3 Å². The lowest BCUT2D eigenvalue weighted by molar-refractivity contribution is -0.154. The Balaban J connectivity index is 2.42. The zero-order valence-corrected chi connectivity index (χ0v) is 13.9. The molecule has 0 aliphatic carbocycles. The fourth-order valence-electron chi connectivity index (χ4n) is 2.08. The molecule has 0 spiro atoms. The van der Waals surface area contributed by atoms with E-state index in [1.54, 1.807) is 0 Å². The van der Waals surface area contributed by atoms with Gasteiger partial charge >= 0.3 is 5.97 Å². The van der Waals surface area contributed by atoms with Crippen LogP contribution < -0.4 is 5.73 Å². The standard InChI is InChI=1S/C18H27NO3/c1-18(2,3)22-17(21)11-10-14-6-8-15(9-7-14)13-16(20)5-4-12-19/h6-9H,4-5,10-13,19H2,1-3H3. The van der Waals surface area contributed by atoms with Crippen molar-refractivity contribution in [1.82, 2.24) is 0 Å². The third-order valence-electron chi connectivity index (χ3n) is 3.12. The fraction of sp³-hybridized carbons (Fsp3) is 0.556. The molecule has 1 aromatic rings. The molecule has 0 aliphatic heterocycles. The Hall–Kier alpha value is -1.68. The summed E-state index contributed by atoms with van der Waals surface area (Å²) in [5, 5.41) is 0. The van der Waals surface area contributed by atoms with Gasteiger partial charge < -0.3 is 10.5 Å². The van der Waals surface area contributed by atoms with Gasteiger partial charge in [-0.2, -0.15) is 0 Å². The Labute approximate surface area is 133 Å². The van der Waals surface area contributed by atoms with Gasteiger partial charge in [0.05, 0.1) is 0 Å². The lowest BCUT2D eigenvalue weighted by Crippen LogP contribution is -2.24. The van der Waals surface area contributed by atoms with Crippen molar-refractivity contribution in [2.24, 2.45) is 5.73 Å². The van der Waals surface area contributed by atoms with Gasteiger partial charge in [-0.15, -0.1) is 0 Å². The largest absolute Gasteiger partial charge is 0.460 e. The van der Waals surface area contributed by atoms with Crippen LogP contribution in [0.4, 0.5) is 0 Å². The topological polar surface area (TPSA) is 69.4 Å². The maximum Gasteiger partial charge on any atom is 0.306 e. The molecule has 0 unspecified atom stereocenters. The zero-order chi connectivity index (χ0) is 16.6. The predicted octanol–water partition coefficient (Wildman–Crippen LogP) is 2.81. The summed E-state index contributed by atoms with van der Waals surface area (Å²) in [6, 6.07) is 7.83. The van der Waals surface area contributed by atoms with Crippen LogP contribution >= 0.6 is 0 Å². The number of rotatable bonds is 8. The highest BCUT2D eigenvalue weighted by Crippen LogP contribution is 2.12. The van der Waals surface area contributed by atoms with Crippen molar-refractivity contribution in [2.45, 2.75) is 58.5 Å². The first-order valence-electron chi connectivity index (χ1n) is 7.81. The Bertz CT molecular complexity index is 486. The second kappa shape index (κ2) is 8.69. The van der Waals surface area contributed by atoms with Gasteiger partial charge in [0.15, 0.2) is 0 Å². The summed E-state index contributed by atoms with van der Waals surface area (Å²) in [5.41, 5.74) is 7.03. The fourth-order valence-corrected chi connectivity index (χ4v) is 2.08. The van der Waals surface area contributed by atoms with Gasteiger partial charge in [0.25, 0.3) is 0 Å². The molecular formula is C18H27NO3. The lowest BCUT2D eigenvalue weighted by Gasteiger charge is -2.19. The van der Waals surface area contributed by atoms with E-state index in [1.165, 1.54) is 0 Å². The van der Waals surface area contributed by atoms with E-state index in [2.05, 4.69) is 0 Å². The molecule has 0 saturated carbocycles. The second-order valence-corrected chi connectivity index (χ2v) is 6.51. The first-order valence-corrected chi connectivity index (χ1v) is 7.81. The second-order valence-electron chi connectivity index (χ2n) is 6.51. The van der Waals surface area contributed by atoms with Gasteiger partial charge in [-0.05, 0) is 51.3 Å². The van der Waals surface area contributed by atoms with Crippen LogP contribution in [0.5, 0.6) is 0 Å². The average molecular weight is 305 g/mol. The lowest BCUT2D eigenvalue weighted by atomic mass is 10.0. The van der Waals surface area contributed by atoms with Crippen LogP contribution in [0.3, 0.4) is 0 Å². The molecule has 4 nitrogen and oxygen atoms in total. The quantitative estimate of drug-likeness (QED) is 0.750. The molecule has 0 atom stereocenters. The molecule has 2 N–H and O–H groups in total. The monoisotopic (exact) mass is 305 g/mol. The molecule has 22 heavy (non-hydrogen) atoms. The zero-order valence-electron chi connectivity index (χ0n) is 13.9. The van der Waals surface area contributed by atoms with E-state index < -0.39 is 5.60 Å². The number of Topliss-reactive ketones (excluding diaryl/α,β-unsaturated/α-hetero) is 1. The number of carbonyl (C=O) groups excluding carboxylic acids is 2. The maximum atomic E-state index is 11.7. The summed E-state index contributed by atoms with van der Waals surface area (Å²) in [6.45, 7) is 6.14. The molecular weight excluding hydrogens is 278 g/mol. The number of benzene rings is 1. The van der Waals surface area contributed by atoms with Crippen molar-refractivity contribution in [2.75, 3.05) is 6.54 Å². The number of carbonyl (C=O) groups is 2. The molecule has 1 aromatic carbocycles. The molecule has 122 valence electrons. The number of esters is 1. The van der Waals surface area contributed by atoms with Crippen LogP contribution in [0, 0.1) is 0 Å². The van der Waals surface area contributed by atoms with Gasteiger partial charge in [-0.3, -0.25) is 9.59 Å². The molecule has 4 heteroatoms. The van der Waals surface area contributed by atoms with Crippen LogP contribution in [-0.4, -0.2) is 23.9 Å². The SMILES string of the molecule is CC(C)(C)OC(=O)CCc1ccc(CC(=O)CCCN)cc1. The van der Waals surface area contributed by atoms with E-state index >= 15 is 0 Å². The number of hydrogen-bond donors (Lipinski definition) is 1. The van der Waals surface area contributed by atoms with Crippen LogP contribution in [0.1, 0.15) is 51.2 Å². The number of ketones is 1. The molecule has 1 rings (SSSR count). The highest BCUT2D eigenvalue weighted by molar-refractivity contribution is 5.80. The Morgan fingerprint density at radius 1 is 1.05 bits per heavy atom. The smallest absolute Gasteiger partial charge is 0.306 e. The maximum absolute atomic E-state index is 11.7. The average Bonchev–Trinajstić information content (AvgIpc) is 2.42. The summed E-state index contributed by atoms with van der Waals surface area (Å²) >= 11 is 0. The van der Waals surface area contributed by atoms with Crippen LogP contribution in [0.2, 0.25) is 0 Å². The van der Waals surface area contributed by atoms with Crippen LogP contribution in [0.25, 0.3) is 0 Å². The van der Waals surface area contributed by atoms with Crippen molar-refractivity contribution in [1.29, 1.82) is 0 Å². The third kappa shape index (κ3) is 7.93. The summed E-state index contributed by atoms with van der Waals surface area (Å²) in [5.74, 6) is 0.0282. The highest BCUT2D eigenvalue weighted by Gasteiger charge is 2.15. The minimum absolute atomic E-state index is 0.187. The number of hydrogen-bond acceptors (Lipinski definition) is 4. The highest BCUT2D eigenvalue weighted by atomic mass is 16.6. The molecule has 0 heterocycles. The Morgan fingerprint density at radius 2 is 1.64 bits per heavy atom. The first-order chi connectivity index (χ1) is 10.3. The van der Waals surface area contributed by atoms with E-state index in [-0.39, 0.29) is 11.8 Å². The van der Waals surface area contributed by atoms with E-state index in [9.17, 15) is 9.59 Å². The third-order valence-corrected chi connectivity index (χ3v) is 3.12. The number of ether oxygens (including phenoxy) is 1. The van der Waals surface area contributed by atoms with Crippen molar-refractivity contribution in [3.63, 3.8) is 0 Å². The van der Waals surface area contributed by atoms with E-state index in [1.807, 2.05) is 45.0 Å². The van der Waals surface area contributed by atoms with Gasteiger partial charge in [0.1, 0.15) is 11.4 Å². The molecule has 0 aromatic heterocycles. The predicted molar refractivity (Wildman–Crippen MR) is 87.6 cm³/mol. The van der Waals surface area contributed by atoms with Crippen LogP contribution in [0.15, 0.2) is 24.3 Å². The molecule has 0 saturated heterocycles. The summed E-state index contributed by atoms with van der Waals surface area (Å²) < 4.78 is 5.28. The summed E-state index contributed by atoms with van der Waals surface area (Å²) in [6.07, 6.45) is 2.75. The number of aryl methyl sites for hydroxylation is 1. The normalized spacial score (nSPS) is 11.3.